The molecule has 4 N–H and O–H groups in total. The summed E-state index contributed by atoms with van der Waals surface area (Å²) in [7, 11) is 0. The molecule has 98 valence electrons. The lowest BCUT2D eigenvalue weighted by atomic mass is 10.1. The Morgan fingerprint density at radius 3 is 2.39 bits per heavy atom. The van der Waals surface area contributed by atoms with Crippen LogP contribution in [-0.4, -0.2) is 29.8 Å². The van der Waals surface area contributed by atoms with Crippen molar-refractivity contribution in [2.24, 2.45) is 17.4 Å². The van der Waals surface area contributed by atoms with Crippen LogP contribution in [0.4, 0.5) is 0 Å². The normalized spacial score (nSPS) is 11.9. The van der Waals surface area contributed by atoms with Gasteiger partial charge in [0.05, 0.1) is 6.54 Å². The summed E-state index contributed by atoms with van der Waals surface area (Å²) in [6.45, 7) is 2.27. The van der Waals surface area contributed by atoms with Gasteiger partial charge in [0.2, 0.25) is 11.8 Å². The van der Waals surface area contributed by atoms with Crippen molar-refractivity contribution in [2.75, 3.05) is 13.1 Å². The molecule has 0 heterocycles. The standard InChI is InChI=1S/C13H19N3O2/c1-10(7-14)13(18)16(9-12(15)17)8-11-5-3-2-4-6-11/h2-6,10H,7-9,14H2,1H3,(H2,15,17). The Kier molecular flexibility index (Phi) is 5.32. The molecule has 5 nitrogen and oxygen atoms in total. The minimum atomic E-state index is -0.525. The quantitative estimate of drug-likeness (QED) is 0.749. The van der Waals surface area contributed by atoms with Gasteiger partial charge in [0, 0.05) is 19.0 Å². The first-order chi connectivity index (χ1) is 8.54. The van der Waals surface area contributed by atoms with Crippen molar-refractivity contribution in [3.05, 3.63) is 35.9 Å². The number of carbonyl (C=O) groups is 2. The summed E-state index contributed by atoms with van der Waals surface area (Å²) in [6, 6.07) is 9.46. The third-order valence-electron chi connectivity index (χ3n) is 2.65. The summed E-state index contributed by atoms with van der Waals surface area (Å²) in [5.74, 6) is -0.989. The number of hydrogen-bond acceptors (Lipinski definition) is 3. The fraction of sp³-hybridized carbons (Fsp3) is 0.385. The number of amides is 2. The van der Waals surface area contributed by atoms with Gasteiger partial charge in [0.25, 0.3) is 0 Å². The van der Waals surface area contributed by atoms with Gasteiger partial charge >= 0.3 is 0 Å². The van der Waals surface area contributed by atoms with E-state index in [4.69, 9.17) is 11.5 Å². The van der Waals surface area contributed by atoms with Gasteiger partial charge in [-0.2, -0.15) is 0 Å². The van der Waals surface area contributed by atoms with Crippen LogP contribution < -0.4 is 11.5 Å². The molecule has 0 radical (unpaired) electrons. The zero-order chi connectivity index (χ0) is 13.5. The second-order valence-electron chi connectivity index (χ2n) is 4.28. The zero-order valence-corrected chi connectivity index (χ0v) is 10.5. The minimum Gasteiger partial charge on any atom is -0.368 e. The zero-order valence-electron chi connectivity index (χ0n) is 10.5. The molecule has 0 aliphatic heterocycles. The maximum Gasteiger partial charge on any atom is 0.237 e. The van der Waals surface area contributed by atoms with Gasteiger partial charge < -0.3 is 16.4 Å². The smallest absolute Gasteiger partial charge is 0.237 e. The summed E-state index contributed by atoms with van der Waals surface area (Å²) in [5.41, 5.74) is 11.6. The van der Waals surface area contributed by atoms with Gasteiger partial charge in [-0.1, -0.05) is 37.3 Å². The third-order valence-corrected chi connectivity index (χ3v) is 2.65. The number of primary amides is 1. The summed E-state index contributed by atoms with van der Waals surface area (Å²) in [4.78, 5) is 24.5. The lowest BCUT2D eigenvalue weighted by molar-refractivity contribution is -0.138. The molecule has 0 saturated carbocycles. The first kappa shape index (κ1) is 14.2. The largest absolute Gasteiger partial charge is 0.368 e. The molecule has 0 spiro atoms. The van der Waals surface area contributed by atoms with Crippen molar-refractivity contribution in [3.8, 4) is 0 Å². The van der Waals surface area contributed by atoms with Crippen molar-refractivity contribution in [1.29, 1.82) is 0 Å². The molecule has 0 aromatic heterocycles. The van der Waals surface area contributed by atoms with Crippen molar-refractivity contribution in [1.82, 2.24) is 4.90 Å². The number of nitrogens with two attached hydrogens (primary N) is 2. The van der Waals surface area contributed by atoms with Crippen molar-refractivity contribution < 1.29 is 9.59 Å². The van der Waals surface area contributed by atoms with Crippen LogP contribution in [0, 0.1) is 5.92 Å². The Morgan fingerprint density at radius 2 is 1.89 bits per heavy atom. The Bertz CT molecular complexity index is 406. The first-order valence-corrected chi connectivity index (χ1v) is 5.85. The fourth-order valence-corrected chi connectivity index (χ4v) is 1.62. The summed E-state index contributed by atoms with van der Waals surface area (Å²) < 4.78 is 0. The summed E-state index contributed by atoms with van der Waals surface area (Å²) >= 11 is 0. The van der Waals surface area contributed by atoms with Gasteiger partial charge in [0.1, 0.15) is 0 Å². The first-order valence-electron chi connectivity index (χ1n) is 5.85. The number of rotatable bonds is 6. The van der Waals surface area contributed by atoms with Crippen LogP contribution in [0.2, 0.25) is 0 Å². The average molecular weight is 249 g/mol. The lowest BCUT2D eigenvalue weighted by Crippen LogP contribution is -2.42. The van der Waals surface area contributed by atoms with Crippen LogP contribution in [-0.2, 0) is 16.1 Å². The highest BCUT2D eigenvalue weighted by Gasteiger charge is 2.20. The second kappa shape index (κ2) is 6.76. The molecule has 1 atom stereocenters. The molecule has 0 aliphatic rings. The molecular formula is C13H19N3O2. The van der Waals surface area contributed by atoms with E-state index in [-0.39, 0.29) is 24.9 Å². The molecular weight excluding hydrogens is 230 g/mol. The molecule has 5 heteroatoms. The molecule has 0 aliphatic carbocycles. The van der Waals surface area contributed by atoms with Crippen LogP contribution >= 0.6 is 0 Å². The van der Waals surface area contributed by atoms with E-state index in [1.807, 2.05) is 30.3 Å². The van der Waals surface area contributed by atoms with E-state index in [9.17, 15) is 9.59 Å². The SMILES string of the molecule is CC(CN)C(=O)N(CC(N)=O)Cc1ccccc1. The number of hydrogen-bond donors (Lipinski definition) is 2. The van der Waals surface area contributed by atoms with E-state index in [0.717, 1.165) is 5.56 Å². The monoisotopic (exact) mass is 249 g/mol. The minimum absolute atomic E-state index is 0.0853. The van der Waals surface area contributed by atoms with Crippen molar-refractivity contribution >= 4 is 11.8 Å². The van der Waals surface area contributed by atoms with E-state index in [1.54, 1.807) is 6.92 Å². The van der Waals surface area contributed by atoms with Crippen LogP contribution in [0.15, 0.2) is 30.3 Å². The van der Waals surface area contributed by atoms with Crippen LogP contribution in [0.5, 0.6) is 0 Å². The predicted molar refractivity (Wildman–Crippen MR) is 69.3 cm³/mol. The molecule has 2 amide bonds. The van der Waals surface area contributed by atoms with Crippen LogP contribution in [0.3, 0.4) is 0 Å². The van der Waals surface area contributed by atoms with E-state index < -0.39 is 5.91 Å². The molecule has 1 aromatic rings. The van der Waals surface area contributed by atoms with E-state index in [2.05, 4.69) is 0 Å². The lowest BCUT2D eigenvalue weighted by Gasteiger charge is -2.24. The van der Waals surface area contributed by atoms with Crippen molar-refractivity contribution in [2.45, 2.75) is 13.5 Å². The number of nitrogens with zero attached hydrogens (tertiary/aromatic N) is 1. The fourth-order valence-electron chi connectivity index (χ4n) is 1.62. The third kappa shape index (κ3) is 4.18. The predicted octanol–water partition coefficient (Wildman–Crippen LogP) is 0.0953. The van der Waals surface area contributed by atoms with Gasteiger partial charge in [-0.25, -0.2) is 0 Å². The molecule has 1 rings (SSSR count). The molecule has 1 aromatic carbocycles. The Labute approximate surface area is 107 Å². The molecule has 0 bridgehead atoms. The summed E-state index contributed by atoms with van der Waals surface area (Å²) in [6.07, 6.45) is 0. The van der Waals surface area contributed by atoms with E-state index >= 15 is 0 Å². The highest BCUT2D eigenvalue weighted by Crippen LogP contribution is 2.08. The maximum atomic E-state index is 12.1. The van der Waals surface area contributed by atoms with Crippen LogP contribution in [0.25, 0.3) is 0 Å². The number of carbonyl (C=O) groups excluding carboxylic acids is 2. The van der Waals surface area contributed by atoms with E-state index in [0.29, 0.717) is 6.54 Å². The highest BCUT2D eigenvalue weighted by atomic mass is 16.2. The second-order valence-corrected chi connectivity index (χ2v) is 4.28. The van der Waals surface area contributed by atoms with Gasteiger partial charge in [-0.3, -0.25) is 9.59 Å². The molecule has 1 unspecified atom stereocenters. The molecule has 18 heavy (non-hydrogen) atoms. The average Bonchev–Trinajstić information content (AvgIpc) is 2.37. The Balaban J connectivity index is 2.78. The maximum absolute atomic E-state index is 12.1. The topological polar surface area (TPSA) is 89.4 Å². The van der Waals surface area contributed by atoms with Gasteiger partial charge in [-0.15, -0.1) is 0 Å². The number of benzene rings is 1. The van der Waals surface area contributed by atoms with Crippen LogP contribution in [0.1, 0.15) is 12.5 Å². The van der Waals surface area contributed by atoms with Crippen molar-refractivity contribution in [3.63, 3.8) is 0 Å². The Hall–Kier alpha value is -1.88. The highest BCUT2D eigenvalue weighted by molar-refractivity contribution is 5.85. The molecule has 0 saturated heterocycles. The molecule has 0 fully saturated rings. The summed E-state index contributed by atoms with van der Waals surface area (Å²) in [5, 5.41) is 0. The van der Waals surface area contributed by atoms with Gasteiger partial charge in [0.15, 0.2) is 0 Å². The van der Waals surface area contributed by atoms with E-state index in [1.165, 1.54) is 4.90 Å². The Morgan fingerprint density at radius 1 is 1.28 bits per heavy atom. The van der Waals surface area contributed by atoms with Gasteiger partial charge in [-0.05, 0) is 5.56 Å².